The molecule has 0 radical (unpaired) electrons. The van der Waals surface area contributed by atoms with Crippen LogP contribution in [0, 0.1) is 0 Å². The van der Waals surface area contributed by atoms with Gasteiger partial charge in [-0.05, 0) is 0 Å². The molecule has 0 aromatic rings. The van der Waals surface area contributed by atoms with Crippen molar-refractivity contribution in [3.63, 3.8) is 0 Å². The van der Waals surface area contributed by atoms with Gasteiger partial charge in [0.2, 0.25) is 5.76 Å². The number of rotatable bonds is 3. The largest absolute Gasteiger partial charge is 0.458 e. The number of alkyl halides is 3. The first-order chi connectivity index (χ1) is 4.88. The normalized spacial score (nSPS) is 10.9. The second-order valence-corrected chi connectivity index (χ2v) is 1.92. The van der Waals surface area contributed by atoms with E-state index in [1.807, 2.05) is 0 Å². The summed E-state index contributed by atoms with van der Waals surface area (Å²) in [5, 5.41) is 0. The summed E-state index contributed by atoms with van der Waals surface area (Å²) in [7, 11) is 0. The van der Waals surface area contributed by atoms with E-state index in [0.717, 1.165) is 0 Å². The van der Waals surface area contributed by atoms with E-state index in [9.17, 15) is 13.2 Å². The molecule has 0 N–H and O–H groups in total. The molecular weight excluding hydrogens is 157 g/mol. The third-order valence-electron chi connectivity index (χ3n) is 0.978. The minimum atomic E-state index is -4.49. The quantitative estimate of drug-likeness (QED) is 0.585. The summed E-state index contributed by atoms with van der Waals surface area (Å²) in [6.07, 6.45) is -4.15. The van der Waals surface area contributed by atoms with Gasteiger partial charge in [0, 0.05) is 6.42 Å². The Labute approximate surface area is 63.2 Å². The van der Waals surface area contributed by atoms with Crippen molar-refractivity contribution < 1.29 is 17.9 Å². The summed E-state index contributed by atoms with van der Waals surface area (Å²) < 4.78 is 39.3. The Balaban J connectivity index is 3.99. The van der Waals surface area contributed by atoms with Gasteiger partial charge in [-0.1, -0.05) is 20.1 Å². The summed E-state index contributed by atoms with van der Waals surface area (Å²) in [5.74, 6) is -1.16. The van der Waals surface area contributed by atoms with Crippen LogP contribution < -0.4 is 0 Å². The molecule has 0 rings (SSSR count). The minimum Gasteiger partial charge on any atom is -0.458 e. The van der Waals surface area contributed by atoms with Crippen molar-refractivity contribution in [2.45, 2.75) is 19.5 Å². The molecule has 1 nitrogen and oxygen atoms in total. The average Bonchev–Trinajstić information content (AvgIpc) is 1.85. The third kappa shape index (κ3) is 3.70. The molecule has 0 aliphatic rings. The van der Waals surface area contributed by atoms with Gasteiger partial charge in [-0.3, -0.25) is 0 Å². The number of ether oxygens (including phenoxy) is 1. The minimum absolute atomic E-state index is 0.0623. The summed E-state index contributed by atoms with van der Waals surface area (Å²) in [6, 6.07) is 0. The Kier molecular flexibility index (Phi) is 3.17. The molecule has 0 bridgehead atoms. The maximum absolute atomic E-state index is 11.7. The first-order valence-corrected chi connectivity index (χ1v) is 2.99. The molecule has 0 spiro atoms. The average molecular weight is 166 g/mol. The number of hydrogen-bond acceptors (Lipinski definition) is 1. The SMILES string of the molecule is C=C(CC)OC(=C)C(F)(F)F. The molecule has 0 amide bonds. The maximum Gasteiger partial charge on any atom is 0.448 e. The Hall–Kier alpha value is -0.930. The van der Waals surface area contributed by atoms with Gasteiger partial charge in [0.1, 0.15) is 0 Å². The molecule has 0 saturated heterocycles. The van der Waals surface area contributed by atoms with E-state index < -0.39 is 11.9 Å². The van der Waals surface area contributed by atoms with Crippen LogP contribution in [-0.2, 0) is 4.74 Å². The lowest BCUT2D eigenvalue weighted by molar-refractivity contribution is -0.123. The number of hydrogen-bond donors (Lipinski definition) is 0. The maximum atomic E-state index is 11.7. The van der Waals surface area contributed by atoms with Gasteiger partial charge in [0.25, 0.3) is 0 Å². The smallest absolute Gasteiger partial charge is 0.448 e. The van der Waals surface area contributed by atoms with Crippen molar-refractivity contribution in [1.82, 2.24) is 0 Å². The summed E-state index contributed by atoms with van der Waals surface area (Å²) in [6.45, 7) is 7.59. The fourth-order valence-corrected chi connectivity index (χ4v) is 0.304. The molecule has 4 heteroatoms. The lowest BCUT2D eigenvalue weighted by Crippen LogP contribution is -2.12. The fourth-order valence-electron chi connectivity index (χ4n) is 0.304. The first kappa shape index (κ1) is 10.1. The van der Waals surface area contributed by atoms with Crippen molar-refractivity contribution in [3.05, 3.63) is 24.7 Å². The third-order valence-corrected chi connectivity index (χ3v) is 0.978. The highest BCUT2D eigenvalue weighted by molar-refractivity contribution is 4.98. The highest BCUT2D eigenvalue weighted by Gasteiger charge is 2.34. The van der Waals surface area contributed by atoms with Crippen molar-refractivity contribution in [2.24, 2.45) is 0 Å². The van der Waals surface area contributed by atoms with Crippen molar-refractivity contribution in [3.8, 4) is 0 Å². The number of allylic oxidation sites excluding steroid dienone is 2. The standard InChI is InChI=1S/C7H9F3O/c1-4-5(2)11-6(3)7(8,9)10/h2-4H2,1H3. The van der Waals surface area contributed by atoms with Crippen LogP contribution in [0.4, 0.5) is 13.2 Å². The lowest BCUT2D eigenvalue weighted by Gasteiger charge is -2.11. The zero-order valence-corrected chi connectivity index (χ0v) is 6.16. The molecule has 11 heavy (non-hydrogen) atoms. The van der Waals surface area contributed by atoms with E-state index in [1.165, 1.54) is 0 Å². The Morgan fingerprint density at radius 2 is 1.82 bits per heavy atom. The Morgan fingerprint density at radius 1 is 1.36 bits per heavy atom. The zero-order valence-electron chi connectivity index (χ0n) is 6.16. The van der Waals surface area contributed by atoms with Gasteiger partial charge in [0.15, 0.2) is 0 Å². The monoisotopic (exact) mass is 166 g/mol. The predicted molar refractivity (Wildman–Crippen MR) is 35.7 cm³/mol. The zero-order chi connectivity index (χ0) is 9.07. The van der Waals surface area contributed by atoms with E-state index in [2.05, 4.69) is 17.9 Å². The van der Waals surface area contributed by atoms with E-state index in [0.29, 0.717) is 6.42 Å². The van der Waals surface area contributed by atoms with E-state index >= 15 is 0 Å². The van der Waals surface area contributed by atoms with Gasteiger partial charge < -0.3 is 4.74 Å². The second kappa shape index (κ2) is 3.46. The van der Waals surface area contributed by atoms with Crippen LogP contribution in [0.25, 0.3) is 0 Å². The van der Waals surface area contributed by atoms with Crippen LogP contribution in [0.15, 0.2) is 24.7 Å². The molecule has 0 aliphatic carbocycles. The fraction of sp³-hybridized carbons (Fsp3) is 0.429. The van der Waals surface area contributed by atoms with Gasteiger partial charge in [-0.15, -0.1) is 0 Å². The molecule has 0 aromatic carbocycles. The van der Waals surface area contributed by atoms with Crippen molar-refractivity contribution in [1.29, 1.82) is 0 Å². The van der Waals surface area contributed by atoms with Crippen LogP contribution in [-0.4, -0.2) is 6.18 Å². The van der Waals surface area contributed by atoms with Crippen LogP contribution in [0.5, 0.6) is 0 Å². The summed E-state index contributed by atoms with van der Waals surface area (Å²) in [4.78, 5) is 0. The molecule has 64 valence electrons. The summed E-state index contributed by atoms with van der Waals surface area (Å²) >= 11 is 0. The topological polar surface area (TPSA) is 9.23 Å². The molecule has 0 unspecified atom stereocenters. The van der Waals surface area contributed by atoms with Crippen LogP contribution >= 0.6 is 0 Å². The van der Waals surface area contributed by atoms with Gasteiger partial charge in [0.05, 0.1) is 5.76 Å². The molecular formula is C7H9F3O. The highest BCUT2D eigenvalue weighted by Crippen LogP contribution is 2.26. The van der Waals surface area contributed by atoms with Crippen LogP contribution in [0.1, 0.15) is 13.3 Å². The number of halogens is 3. The predicted octanol–water partition coefficient (Wildman–Crippen LogP) is 3.00. The second-order valence-electron chi connectivity index (χ2n) is 1.92. The molecule has 0 atom stereocenters. The molecule has 0 saturated carbocycles. The molecule has 0 heterocycles. The first-order valence-electron chi connectivity index (χ1n) is 2.99. The highest BCUT2D eigenvalue weighted by atomic mass is 19.4. The van der Waals surface area contributed by atoms with Gasteiger partial charge in [-0.2, -0.15) is 13.2 Å². The van der Waals surface area contributed by atoms with Gasteiger partial charge in [-0.25, -0.2) is 0 Å². The molecule has 0 aromatic heterocycles. The Bertz CT molecular complexity index is 169. The Morgan fingerprint density at radius 3 is 2.09 bits per heavy atom. The molecule has 0 aliphatic heterocycles. The summed E-state index contributed by atoms with van der Waals surface area (Å²) in [5.41, 5.74) is 0. The van der Waals surface area contributed by atoms with Crippen LogP contribution in [0.3, 0.4) is 0 Å². The van der Waals surface area contributed by atoms with E-state index in [-0.39, 0.29) is 5.76 Å². The molecule has 0 fully saturated rings. The lowest BCUT2D eigenvalue weighted by atomic mass is 10.4. The van der Waals surface area contributed by atoms with Crippen molar-refractivity contribution >= 4 is 0 Å². The van der Waals surface area contributed by atoms with Crippen molar-refractivity contribution in [2.75, 3.05) is 0 Å². The van der Waals surface area contributed by atoms with E-state index in [4.69, 9.17) is 0 Å². The van der Waals surface area contributed by atoms with Crippen LogP contribution in [0.2, 0.25) is 0 Å². The van der Waals surface area contributed by atoms with Gasteiger partial charge >= 0.3 is 6.18 Å². The van der Waals surface area contributed by atoms with E-state index in [1.54, 1.807) is 6.92 Å².